The molecule has 1 aromatic carbocycles. The van der Waals surface area contributed by atoms with Crippen molar-refractivity contribution in [2.45, 2.75) is 13.5 Å². The van der Waals surface area contributed by atoms with E-state index in [1.165, 1.54) is 12.1 Å². The zero-order valence-electron chi connectivity index (χ0n) is 6.20. The first-order chi connectivity index (χ1) is 5.16. The molecule has 0 heterocycles. The quantitative estimate of drug-likeness (QED) is 0.693. The molecule has 0 aliphatic rings. The van der Waals surface area contributed by atoms with Crippen molar-refractivity contribution < 1.29 is 4.39 Å². The van der Waals surface area contributed by atoms with Crippen molar-refractivity contribution in [1.82, 2.24) is 0 Å². The zero-order valence-corrected chi connectivity index (χ0v) is 6.95. The second-order valence-corrected chi connectivity index (χ2v) is 2.74. The topological polar surface area (TPSA) is 26.0 Å². The summed E-state index contributed by atoms with van der Waals surface area (Å²) in [4.78, 5) is 0. The molecular formula is C8H9ClFN. The molecule has 0 unspecified atom stereocenters. The van der Waals surface area contributed by atoms with Crippen LogP contribution < -0.4 is 5.73 Å². The largest absolute Gasteiger partial charge is 0.326 e. The zero-order chi connectivity index (χ0) is 8.43. The smallest absolute Gasteiger partial charge is 0.126 e. The van der Waals surface area contributed by atoms with Gasteiger partial charge in [0, 0.05) is 11.6 Å². The van der Waals surface area contributed by atoms with Crippen molar-refractivity contribution in [1.29, 1.82) is 0 Å². The summed E-state index contributed by atoms with van der Waals surface area (Å²) < 4.78 is 12.8. The maximum atomic E-state index is 12.8. The van der Waals surface area contributed by atoms with Gasteiger partial charge in [-0.1, -0.05) is 11.6 Å². The fourth-order valence-electron chi connectivity index (χ4n) is 0.946. The van der Waals surface area contributed by atoms with E-state index in [1.54, 1.807) is 6.92 Å². The van der Waals surface area contributed by atoms with Crippen LogP contribution in [0.5, 0.6) is 0 Å². The molecule has 0 radical (unpaired) electrons. The van der Waals surface area contributed by atoms with Gasteiger partial charge in [0.1, 0.15) is 5.82 Å². The number of hydrogen-bond acceptors (Lipinski definition) is 1. The van der Waals surface area contributed by atoms with Crippen LogP contribution in [0.1, 0.15) is 11.1 Å². The summed E-state index contributed by atoms with van der Waals surface area (Å²) in [6, 6.07) is 2.86. The van der Waals surface area contributed by atoms with Gasteiger partial charge in [-0.3, -0.25) is 0 Å². The fraction of sp³-hybridized carbons (Fsp3) is 0.250. The first-order valence-electron chi connectivity index (χ1n) is 3.30. The van der Waals surface area contributed by atoms with Crippen molar-refractivity contribution in [2.75, 3.05) is 0 Å². The van der Waals surface area contributed by atoms with Crippen molar-refractivity contribution in [3.8, 4) is 0 Å². The Morgan fingerprint density at radius 1 is 1.55 bits per heavy atom. The van der Waals surface area contributed by atoms with Crippen LogP contribution in [0.15, 0.2) is 12.1 Å². The fourth-order valence-corrected chi connectivity index (χ4v) is 1.23. The average Bonchev–Trinajstić information content (AvgIpc) is 1.99. The molecule has 11 heavy (non-hydrogen) atoms. The molecule has 0 bridgehead atoms. The highest BCUT2D eigenvalue weighted by Gasteiger charge is 2.05. The van der Waals surface area contributed by atoms with Gasteiger partial charge in [0.25, 0.3) is 0 Å². The van der Waals surface area contributed by atoms with Crippen LogP contribution >= 0.6 is 11.6 Å². The summed E-state index contributed by atoms with van der Waals surface area (Å²) in [5.41, 5.74) is 6.60. The Hall–Kier alpha value is -0.600. The minimum atomic E-state index is -0.255. The summed E-state index contributed by atoms with van der Waals surface area (Å²) in [7, 11) is 0. The van der Waals surface area contributed by atoms with E-state index >= 15 is 0 Å². The van der Waals surface area contributed by atoms with Crippen LogP contribution in [0.4, 0.5) is 4.39 Å². The Labute approximate surface area is 70.0 Å². The maximum absolute atomic E-state index is 12.8. The molecule has 0 aromatic heterocycles. The Balaban J connectivity index is 3.29. The number of hydrogen-bond donors (Lipinski definition) is 1. The molecule has 0 spiro atoms. The lowest BCUT2D eigenvalue weighted by Gasteiger charge is -2.05. The first-order valence-corrected chi connectivity index (χ1v) is 3.68. The van der Waals surface area contributed by atoms with Crippen LogP contribution in [0.25, 0.3) is 0 Å². The highest BCUT2D eigenvalue weighted by atomic mass is 35.5. The number of rotatable bonds is 1. The SMILES string of the molecule is Cc1c(F)ccc(Cl)c1CN. The maximum Gasteiger partial charge on any atom is 0.126 e. The third-order valence-electron chi connectivity index (χ3n) is 1.68. The molecule has 0 fully saturated rings. The van der Waals surface area contributed by atoms with E-state index in [0.717, 1.165) is 0 Å². The molecule has 60 valence electrons. The predicted octanol–water partition coefficient (Wildman–Crippen LogP) is 2.25. The van der Waals surface area contributed by atoms with E-state index in [2.05, 4.69) is 0 Å². The lowest BCUT2D eigenvalue weighted by Crippen LogP contribution is -2.01. The van der Waals surface area contributed by atoms with Gasteiger partial charge in [-0.25, -0.2) is 4.39 Å². The van der Waals surface area contributed by atoms with Crippen molar-refractivity contribution in [2.24, 2.45) is 5.73 Å². The monoisotopic (exact) mass is 173 g/mol. The summed E-state index contributed by atoms with van der Waals surface area (Å²) >= 11 is 5.75. The van der Waals surface area contributed by atoms with Gasteiger partial charge in [-0.05, 0) is 30.2 Å². The number of benzene rings is 1. The van der Waals surface area contributed by atoms with Gasteiger partial charge in [-0.2, -0.15) is 0 Å². The van der Waals surface area contributed by atoms with E-state index in [0.29, 0.717) is 16.1 Å². The van der Waals surface area contributed by atoms with Crippen LogP contribution in [0, 0.1) is 12.7 Å². The normalized spacial score (nSPS) is 10.2. The van der Waals surface area contributed by atoms with Crippen molar-refractivity contribution in [3.63, 3.8) is 0 Å². The van der Waals surface area contributed by atoms with Crippen molar-refractivity contribution >= 4 is 11.6 Å². The van der Waals surface area contributed by atoms with Crippen LogP contribution in [-0.4, -0.2) is 0 Å². The van der Waals surface area contributed by atoms with Gasteiger partial charge in [0.05, 0.1) is 0 Å². The summed E-state index contributed by atoms with van der Waals surface area (Å²) in [5, 5.41) is 0.534. The van der Waals surface area contributed by atoms with Gasteiger partial charge in [-0.15, -0.1) is 0 Å². The van der Waals surface area contributed by atoms with E-state index in [9.17, 15) is 4.39 Å². The van der Waals surface area contributed by atoms with Crippen LogP contribution in [0.2, 0.25) is 5.02 Å². The minimum absolute atomic E-state index is 0.255. The van der Waals surface area contributed by atoms with Crippen molar-refractivity contribution in [3.05, 3.63) is 34.1 Å². The average molecular weight is 174 g/mol. The molecule has 0 saturated carbocycles. The molecule has 0 aliphatic heterocycles. The Morgan fingerprint density at radius 3 is 2.64 bits per heavy atom. The lowest BCUT2D eigenvalue weighted by molar-refractivity contribution is 0.615. The van der Waals surface area contributed by atoms with Crippen LogP contribution in [-0.2, 0) is 6.54 Å². The molecule has 1 rings (SSSR count). The van der Waals surface area contributed by atoms with E-state index < -0.39 is 0 Å². The van der Waals surface area contributed by atoms with Gasteiger partial charge in [0.15, 0.2) is 0 Å². The molecule has 0 aliphatic carbocycles. The number of halogens is 2. The Bertz CT molecular complexity index is 273. The van der Waals surface area contributed by atoms with E-state index in [1.807, 2.05) is 0 Å². The van der Waals surface area contributed by atoms with Gasteiger partial charge in [0.2, 0.25) is 0 Å². The Morgan fingerprint density at radius 2 is 2.18 bits per heavy atom. The highest BCUT2D eigenvalue weighted by Crippen LogP contribution is 2.21. The molecule has 0 atom stereocenters. The summed E-state index contributed by atoms with van der Waals surface area (Å²) in [6.45, 7) is 1.95. The van der Waals surface area contributed by atoms with Crippen LogP contribution in [0.3, 0.4) is 0 Å². The minimum Gasteiger partial charge on any atom is -0.326 e. The molecule has 2 N–H and O–H groups in total. The lowest BCUT2D eigenvalue weighted by atomic mass is 10.1. The molecule has 1 aromatic rings. The van der Waals surface area contributed by atoms with E-state index in [4.69, 9.17) is 17.3 Å². The summed E-state index contributed by atoms with van der Waals surface area (Å²) in [5.74, 6) is -0.255. The van der Waals surface area contributed by atoms with Gasteiger partial charge < -0.3 is 5.73 Å². The number of nitrogens with two attached hydrogens (primary N) is 1. The molecule has 3 heteroatoms. The standard InChI is InChI=1S/C8H9ClFN/c1-5-6(4-11)7(9)2-3-8(5)10/h2-3H,4,11H2,1H3. The second kappa shape index (κ2) is 3.20. The summed E-state index contributed by atoms with van der Waals surface area (Å²) in [6.07, 6.45) is 0. The third kappa shape index (κ3) is 1.52. The van der Waals surface area contributed by atoms with E-state index in [-0.39, 0.29) is 12.4 Å². The molecule has 1 nitrogen and oxygen atoms in total. The molecule has 0 saturated heterocycles. The third-order valence-corrected chi connectivity index (χ3v) is 2.03. The predicted molar refractivity (Wildman–Crippen MR) is 44.0 cm³/mol. The second-order valence-electron chi connectivity index (χ2n) is 2.34. The first kappa shape index (κ1) is 8.50. The molecular weight excluding hydrogens is 165 g/mol. The highest BCUT2D eigenvalue weighted by molar-refractivity contribution is 6.31. The Kier molecular flexibility index (Phi) is 2.47. The molecule has 0 amide bonds. The van der Waals surface area contributed by atoms with Gasteiger partial charge >= 0.3 is 0 Å².